The minimum atomic E-state index is -0.0568. The molecule has 8 heteroatoms. The molecule has 2 aliphatic heterocycles. The predicted octanol–water partition coefficient (Wildman–Crippen LogP) is 2.99. The average Bonchev–Trinajstić information content (AvgIpc) is 3.24. The first-order valence-corrected chi connectivity index (χ1v) is 10.7. The molecule has 2 heterocycles. The SMILES string of the molecule is CCOC(=O)C1CCN(C(=NC)NCC2CCN(c3cccc(OC)c3)C2)CC1.I. The molecular weight excluding hydrogens is 495 g/mol. The van der Waals surface area contributed by atoms with E-state index in [0.717, 1.165) is 63.7 Å². The Bertz CT molecular complexity index is 707. The molecule has 0 radical (unpaired) electrons. The van der Waals surface area contributed by atoms with Crippen LogP contribution in [0.3, 0.4) is 0 Å². The molecule has 3 rings (SSSR count). The Morgan fingerprint density at radius 1 is 1.23 bits per heavy atom. The predicted molar refractivity (Wildman–Crippen MR) is 131 cm³/mol. The van der Waals surface area contributed by atoms with Gasteiger partial charge in [-0.1, -0.05) is 6.07 Å². The largest absolute Gasteiger partial charge is 0.497 e. The fraction of sp³-hybridized carbons (Fsp3) is 0.636. The second kappa shape index (κ2) is 12.2. The maximum Gasteiger partial charge on any atom is 0.309 e. The Kier molecular flexibility index (Phi) is 10.0. The van der Waals surface area contributed by atoms with E-state index in [1.54, 1.807) is 7.11 Å². The number of likely N-dealkylation sites (tertiary alicyclic amines) is 1. The van der Waals surface area contributed by atoms with Crippen LogP contribution in [0.5, 0.6) is 5.75 Å². The molecule has 0 amide bonds. The zero-order chi connectivity index (χ0) is 20.6. The molecule has 1 N–H and O–H groups in total. The highest BCUT2D eigenvalue weighted by Gasteiger charge is 2.28. The van der Waals surface area contributed by atoms with Crippen LogP contribution in [0.1, 0.15) is 26.2 Å². The van der Waals surface area contributed by atoms with Gasteiger partial charge in [-0.05, 0) is 44.2 Å². The van der Waals surface area contributed by atoms with Crippen molar-refractivity contribution < 1.29 is 14.3 Å². The molecule has 7 nitrogen and oxygen atoms in total. The number of aliphatic imine (C=N–C) groups is 1. The summed E-state index contributed by atoms with van der Waals surface area (Å²) in [5, 5.41) is 3.55. The summed E-state index contributed by atoms with van der Waals surface area (Å²) in [5.74, 6) is 2.38. The van der Waals surface area contributed by atoms with E-state index in [1.807, 2.05) is 26.1 Å². The fourth-order valence-electron chi connectivity index (χ4n) is 4.20. The van der Waals surface area contributed by atoms with Crippen LogP contribution < -0.4 is 15.0 Å². The third-order valence-corrected chi connectivity index (χ3v) is 5.88. The van der Waals surface area contributed by atoms with Gasteiger partial charge in [0.05, 0.1) is 19.6 Å². The van der Waals surface area contributed by atoms with Gasteiger partial charge in [-0.2, -0.15) is 0 Å². The van der Waals surface area contributed by atoms with Crippen LogP contribution in [0.2, 0.25) is 0 Å². The zero-order valence-corrected chi connectivity index (χ0v) is 20.6. The minimum absolute atomic E-state index is 0. The molecule has 1 aromatic rings. The van der Waals surface area contributed by atoms with Gasteiger partial charge in [-0.15, -0.1) is 24.0 Å². The van der Waals surface area contributed by atoms with E-state index < -0.39 is 0 Å². The number of guanidine groups is 1. The quantitative estimate of drug-likeness (QED) is 0.264. The van der Waals surface area contributed by atoms with E-state index >= 15 is 0 Å². The van der Waals surface area contributed by atoms with Crippen molar-refractivity contribution in [3.8, 4) is 5.75 Å². The number of piperidine rings is 1. The Labute approximate surface area is 197 Å². The monoisotopic (exact) mass is 530 g/mol. The second-order valence-electron chi connectivity index (χ2n) is 7.74. The third kappa shape index (κ3) is 6.39. The summed E-state index contributed by atoms with van der Waals surface area (Å²) >= 11 is 0. The lowest BCUT2D eigenvalue weighted by Crippen LogP contribution is -2.47. The van der Waals surface area contributed by atoms with E-state index in [0.29, 0.717) is 12.5 Å². The number of hydrogen-bond donors (Lipinski definition) is 1. The molecule has 30 heavy (non-hydrogen) atoms. The third-order valence-electron chi connectivity index (χ3n) is 5.88. The summed E-state index contributed by atoms with van der Waals surface area (Å²) < 4.78 is 10.5. The van der Waals surface area contributed by atoms with Crippen molar-refractivity contribution in [2.45, 2.75) is 26.2 Å². The summed E-state index contributed by atoms with van der Waals surface area (Å²) in [5.41, 5.74) is 1.22. The summed E-state index contributed by atoms with van der Waals surface area (Å²) in [7, 11) is 3.54. The molecule has 1 unspecified atom stereocenters. The van der Waals surface area contributed by atoms with Gasteiger partial charge in [0.25, 0.3) is 0 Å². The molecule has 2 saturated heterocycles. The first-order chi connectivity index (χ1) is 14.1. The number of hydrogen-bond acceptors (Lipinski definition) is 5. The van der Waals surface area contributed by atoms with Crippen LogP contribution in [0.25, 0.3) is 0 Å². The number of anilines is 1. The number of halogens is 1. The molecule has 0 aromatic heterocycles. The van der Waals surface area contributed by atoms with Crippen LogP contribution in [-0.2, 0) is 9.53 Å². The first kappa shape index (κ1) is 24.6. The number of nitrogens with one attached hydrogen (secondary N) is 1. The second-order valence-corrected chi connectivity index (χ2v) is 7.74. The van der Waals surface area contributed by atoms with Crippen molar-refractivity contribution in [2.75, 3.05) is 58.4 Å². The molecule has 0 spiro atoms. The van der Waals surface area contributed by atoms with Gasteiger partial charge in [0.2, 0.25) is 0 Å². The zero-order valence-electron chi connectivity index (χ0n) is 18.3. The molecule has 1 atom stereocenters. The molecule has 2 aliphatic rings. The topological polar surface area (TPSA) is 66.4 Å². The lowest BCUT2D eigenvalue weighted by Gasteiger charge is -2.33. The molecule has 168 valence electrons. The van der Waals surface area contributed by atoms with E-state index in [2.05, 4.69) is 32.2 Å². The van der Waals surface area contributed by atoms with Gasteiger partial charge in [-0.25, -0.2) is 0 Å². The highest BCUT2D eigenvalue weighted by Crippen LogP contribution is 2.26. The number of benzene rings is 1. The van der Waals surface area contributed by atoms with Crippen molar-refractivity contribution in [3.05, 3.63) is 24.3 Å². The van der Waals surface area contributed by atoms with Crippen LogP contribution in [0.15, 0.2) is 29.3 Å². The Morgan fingerprint density at radius 3 is 2.67 bits per heavy atom. The summed E-state index contributed by atoms with van der Waals surface area (Å²) in [6.07, 6.45) is 2.81. The number of methoxy groups -OCH3 is 1. The maximum absolute atomic E-state index is 11.9. The molecule has 2 fully saturated rings. The van der Waals surface area contributed by atoms with Gasteiger partial charge in [0, 0.05) is 51.5 Å². The minimum Gasteiger partial charge on any atom is -0.497 e. The highest BCUT2D eigenvalue weighted by molar-refractivity contribution is 14.0. The van der Waals surface area contributed by atoms with E-state index in [4.69, 9.17) is 9.47 Å². The van der Waals surface area contributed by atoms with Gasteiger partial charge in [-0.3, -0.25) is 9.79 Å². The molecular formula is C22H35IN4O3. The van der Waals surface area contributed by atoms with Gasteiger partial charge in [0.15, 0.2) is 5.96 Å². The van der Waals surface area contributed by atoms with Gasteiger partial charge >= 0.3 is 5.97 Å². The highest BCUT2D eigenvalue weighted by atomic mass is 127. The molecule has 0 aliphatic carbocycles. The van der Waals surface area contributed by atoms with E-state index in [1.165, 1.54) is 5.69 Å². The van der Waals surface area contributed by atoms with Gasteiger partial charge in [0.1, 0.15) is 5.75 Å². The summed E-state index contributed by atoms with van der Waals surface area (Å²) in [6, 6.07) is 8.27. The van der Waals surface area contributed by atoms with Crippen LogP contribution >= 0.6 is 24.0 Å². The first-order valence-electron chi connectivity index (χ1n) is 10.7. The van der Waals surface area contributed by atoms with Crippen LogP contribution in [0, 0.1) is 11.8 Å². The Morgan fingerprint density at radius 2 is 2.00 bits per heavy atom. The summed E-state index contributed by atoms with van der Waals surface area (Å²) in [6.45, 7) is 6.98. The van der Waals surface area contributed by atoms with Crippen LogP contribution in [0.4, 0.5) is 5.69 Å². The van der Waals surface area contributed by atoms with Gasteiger partial charge < -0.3 is 24.6 Å². The van der Waals surface area contributed by atoms with Crippen molar-refractivity contribution >= 4 is 41.6 Å². The van der Waals surface area contributed by atoms with Crippen molar-refractivity contribution in [2.24, 2.45) is 16.8 Å². The summed E-state index contributed by atoms with van der Waals surface area (Å²) in [4.78, 5) is 21.1. The van der Waals surface area contributed by atoms with Crippen molar-refractivity contribution in [3.63, 3.8) is 0 Å². The standard InChI is InChI=1S/C22H34N4O3.HI/c1-4-29-21(27)18-9-12-25(13-10-18)22(23-2)24-15-17-8-11-26(16-17)19-6-5-7-20(14-19)28-3;/h5-7,14,17-18H,4,8-13,15-16H2,1-3H3,(H,23,24);1H. The van der Waals surface area contributed by atoms with Crippen molar-refractivity contribution in [1.29, 1.82) is 0 Å². The smallest absolute Gasteiger partial charge is 0.309 e. The normalized spacial score (nSPS) is 20.0. The number of carbonyl (C=O) groups excluding carboxylic acids is 1. The molecule has 0 bridgehead atoms. The lowest BCUT2D eigenvalue weighted by molar-refractivity contribution is -0.149. The lowest BCUT2D eigenvalue weighted by atomic mass is 9.97. The molecule has 0 saturated carbocycles. The average molecular weight is 530 g/mol. The van der Waals surface area contributed by atoms with E-state index in [9.17, 15) is 4.79 Å². The number of ether oxygens (including phenoxy) is 2. The number of esters is 1. The Balaban J connectivity index is 0.00000320. The van der Waals surface area contributed by atoms with E-state index in [-0.39, 0.29) is 35.9 Å². The number of nitrogens with zero attached hydrogens (tertiary/aromatic N) is 3. The van der Waals surface area contributed by atoms with Crippen LogP contribution in [-0.4, -0.2) is 70.3 Å². The number of carbonyl (C=O) groups is 1. The molecule has 1 aromatic carbocycles. The fourth-order valence-corrected chi connectivity index (χ4v) is 4.20. The Hall–Kier alpha value is -1.71. The maximum atomic E-state index is 11.9. The van der Waals surface area contributed by atoms with Crippen molar-refractivity contribution in [1.82, 2.24) is 10.2 Å². The number of rotatable bonds is 6.